The summed E-state index contributed by atoms with van der Waals surface area (Å²) in [4.78, 5) is 30.3. The fourth-order valence-corrected chi connectivity index (χ4v) is 4.75. The highest BCUT2D eigenvalue weighted by Crippen LogP contribution is 2.34. The average Bonchev–Trinajstić information content (AvgIpc) is 3.32. The monoisotopic (exact) mass is 475 g/mol. The normalized spacial score (nSPS) is 15.6. The Morgan fingerprint density at radius 1 is 1.00 bits per heavy atom. The number of amides is 2. The SMILES string of the molecule is CCCN(CC(=O)N1CCn2cccc2[C@@H]1c1ccccc1F)C(=O)c1ccc(C(C)(C)C)cc1. The molecule has 6 heteroatoms. The molecule has 0 aliphatic carbocycles. The van der Waals surface area contributed by atoms with Gasteiger partial charge in [-0.2, -0.15) is 0 Å². The van der Waals surface area contributed by atoms with Gasteiger partial charge in [-0.3, -0.25) is 9.59 Å². The maximum atomic E-state index is 14.8. The summed E-state index contributed by atoms with van der Waals surface area (Å²) >= 11 is 0. The summed E-state index contributed by atoms with van der Waals surface area (Å²) in [5, 5.41) is 0. The summed E-state index contributed by atoms with van der Waals surface area (Å²) in [6.45, 7) is 9.90. The van der Waals surface area contributed by atoms with Crippen LogP contribution in [0.4, 0.5) is 4.39 Å². The lowest BCUT2D eigenvalue weighted by atomic mass is 9.86. The van der Waals surface area contributed by atoms with Crippen LogP contribution in [0, 0.1) is 5.82 Å². The van der Waals surface area contributed by atoms with Crippen LogP contribution in [-0.2, 0) is 16.8 Å². The highest BCUT2D eigenvalue weighted by Gasteiger charge is 2.34. The van der Waals surface area contributed by atoms with Gasteiger partial charge in [0, 0.05) is 42.7 Å². The molecule has 2 amide bonds. The van der Waals surface area contributed by atoms with Crippen molar-refractivity contribution in [3.63, 3.8) is 0 Å². The first-order valence-corrected chi connectivity index (χ1v) is 12.3. The Hall–Kier alpha value is -3.41. The van der Waals surface area contributed by atoms with Crippen molar-refractivity contribution in [2.24, 2.45) is 0 Å². The van der Waals surface area contributed by atoms with Gasteiger partial charge in [0.2, 0.25) is 5.91 Å². The van der Waals surface area contributed by atoms with Crippen LogP contribution in [0.1, 0.15) is 67.3 Å². The van der Waals surface area contributed by atoms with Gasteiger partial charge in [-0.15, -0.1) is 0 Å². The minimum Gasteiger partial charge on any atom is -0.348 e. The molecule has 1 aliphatic rings. The van der Waals surface area contributed by atoms with Crippen molar-refractivity contribution in [1.29, 1.82) is 0 Å². The first-order chi connectivity index (χ1) is 16.7. The summed E-state index contributed by atoms with van der Waals surface area (Å²) in [6.07, 6.45) is 2.69. The standard InChI is InChI=1S/C29H34FN3O2/c1-5-16-32(28(35)21-12-14-22(15-13-21)29(2,3)4)20-26(34)33-19-18-31-17-8-11-25(31)27(33)23-9-6-7-10-24(23)30/h6-15,17,27H,5,16,18-20H2,1-4H3/t27-/m0/s1. The third-order valence-electron chi connectivity index (χ3n) is 6.66. The molecule has 0 saturated heterocycles. The quantitative estimate of drug-likeness (QED) is 0.479. The van der Waals surface area contributed by atoms with Crippen LogP contribution in [0.2, 0.25) is 0 Å². The van der Waals surface area contributed by atoms with E-state index in [1.165, 1.54) is 6.07 Å². The van der Waals surface area contributed by atoms with Crippen LogP contribution in [0.15, 0.2) is 66.9 Å². The van der Waals surface area contributed by atoms with E-state index in [0.29, 0.717) is 30.8 Å². The zero-order valence-electron chi connectivity index (χ0n) is 21.0. The van der Waals surface area contributed by atoms with E-state index in [-0.39, 0.29) is 29.6 Å². The molecule has 1 aliphatic heterocycles. The van der Waals surface area contributed by atoms with Gasteiger partial charge in [0.25, 0.3) is 5.91 Å². The van der Waals surface area contributed by atoms with E-state index in [0.717, 1.165) is 17.7 Å². The van der Waals surface area contributed by atoms with Crippen LogP contribution < -0.4 is 0 Å². The maximum Gasteiger partial charge on any atom is 0.254 e. The van der Waals surface area contributed by atoms with E-state index in [2.05, 4.69) is 25.3 Å². The number of carbonyl (C=O) groups is 2. The summed E-state index contributed by atoms with van der Waals surface area (Å²) in [6, 6.07) is 17.6. The lowest BCUT2D eigenvalue weighted by Gasteiger charge is -2.38. The van der Waals surface area contributed by atoms with Crippen LogP contribution in [-0.4, -0.2) is 45.8 Å². The van der Waals surface area contributed by atoms with Gasteiger partial charge >= 0.3 is 0 Å². The number of benzene rings is 2. The van der Waals surface area contributed by atoms with Crippen molar-refractivity contribution in [3.05, 3.63) is 95.1 Å². The summed E-state index contributed by atoms with van der Waals surface area (Å²) < 4.78 is 16.9. The molecular weight excluding hydrogens is 441 g/mol. The van der Waals surface area contributed by atoms with Crippen LogP contribution in [0.5, 0.6) is 0 Å². The largest absolute Gasteiger partial charge is 0.348 e. The minimum atomic E-state index is -0.530. The van der Waals surface area contributed by atoms with Crippen LogP contribution in [0.3, 0.4) is 0 Å². The van der Waals surface area contributed by atoms with Crippen LogP contribution >= 0.6 is 0 Å². The van der Waals surface area contributed by atoms with Crippen molar-refractivity contribution in [2.45, 2.75) is 52.1 Å². The predicted octanol–water partition coefficient (Wildman–Crippen LogP) is 5.41. The molecule has 3 aromatic rings. The molecule has 5 nitrogen and oxygen atoms in total. The zero-order valence-corrected chi connectivity index (χ0v) is 21.0. The Balaban J connectivity index is 1.59. The molecule has 4 rings (SSSR count). The molecule has 1 atom stereocenters. The number of carbonyl (C=O) groups excluding carboxylic acids is 2. The molecule has 0 fully saturated rings. The van der Waals surface area contributed by atoms with Gasteiger partial charge in [-0.25, -0.2) is 4.39 Å². The fourth-order valence-electron chi connectivity index (χ4n) is 4.75. The van der Waals surface area contributed by atoms with Gasteiger partial charge in [0.15, 0.2) is 0 Å². The molecule has 0 saturated carbocycles. The summed E-state index contributed by atoms with van der Waals surface area (Å²) in [5.74, 6) is -0.687. The third kappa shape index (κ3) is 5.16. The van der Waals surface area contributed by atoms with Gasteiger partial charge < -0.3 is 14.4 Å². The topological polar surface area (TPSA) is 45.6 Å². The lowest BCUT2D eigenvalue weighted by Crippen LogP contribution is -2.48. The van der Waals surface area contributed by atoms with Crippen LogP contribution in [0.25, 0.3) is 0 Å². The van der Waals surface area contributed by atoms with Crippen molar-refractivity contribution < 1.29 is 14.0 Å². The number of aromatic nitrogens is 1. The lowest BCUT2D eigenvalue weighted by molar-refractivity contribution is -0.134. The Bertz CT molecular complexity index is 1190. The summed E-state index contributed by atoms with van der Waals surface area (Å²) in [7, 11) is 0. The van der Waals surface area contributed by atoms with Gasteiger partial charge in [0.05, 0.1) is 0 Å². The van der Waals surface area contributed by atoms with Crippen molar-refractivity contribution in [2.75, 3.05) is 19.6 Å². The van der Waals surface area contributed by atoms with E-state index in [4.69, 9.17) is 0 Å². The molecule has 0 N–H and O–H groups in total. The van der Waals surface area contributed by atoms with E-state index in [1.54, 1.807) is 28.0 Å². The molecular formula is C29H34FN3O2. The fraction of sp³-hybridized carbons (Fsp3) is 0.379. The highest BCUT2D eigenvalue weighted by atomic mass is 19.1. The highest BCUT2D eigenvalue weighted by molar-refractivity contribution is 5.96. The Morgan fingerprint density at radius 3 is 2.37 bits per heavy atom. The minimum absolute atomic E-state index is 0.00566. The summed E-state index contributed by atoms with van der Waals surface area (Å²) in [5.41, 5.74) is 3.05. The molecule has 0 spiro atoms. The van der Waals surface area contributed by atoms with Crippen molar-refractivity contribution >= 4 is 11.8 Å². The first-order valence-electron chi connectivity index (χ1n) is 12.3. The Labute approximate surface area is 207 Å². The van der Waals surface area contributed by atoms with Crippen molar-refractivity contribution in [3.8, 4) is 0 Å². The maximum absolute atomic E-state index is 14.8. The van der Waals surface area contributed by atoms with E-state index < -0.39 is 6.04 Å². The first kappa shape index (κ1) is 24.7. The molecule has 2 heterocycles. The molecule has 2 aromatic carbocycles. The second-order valence-corrected chi connectivity index (χ2v) is 10.2. The third-order valence-corrected chi connectivity index (χ3v) is 6.66. The van der Waals surface area contributed by atoms with Gasteiger partial charge in [0.1, 0.15) is 18.4 Å². The van der Waals surface area contributed by atoms with Gasteiger partial charge in [-0.05, 0) is 47.7 Å². The molecule has 0 bridgehead atoms. The number of fused-ring (bicyclic) bond motifs is 1. The Morgan fingerprint density at radius 2 is 1.71 bits per heavy atom. The molecule has 184 valence electrons. The number of hydrogen-bond donors (Lipinski definition) is 0. The number of halogens is 1. The number of hydrogen-bond acceptors (Lipinski definition) is 2. The van der Waals surface area contributed by atoms with E-state index in [1.807, 2.05) is 49.5 Å². The van der Waals surface area contributed by atoms with E-state index >= 15 is 0 Å². The van der Waals surface area contributed by atoms with E-state index in [9.17, 15) is 14.0 Å². The number of nitrogens with zero attached hydrogens (tertiary/aromatic N) is 3. The van der Waals surface area contributed by atoms with Gasteiger partial charge in [-0.1, -0.05) is 58.0 Å². The molecule has 0 unspecified atom stereocenters. The Kier molecular flexibility index (Phi) is 7.10. The number of rotatable bonds is 6. The molecule has 1 aromatic heterocycles. The second kappa shape index (κ2) is 10.1. The smallest absolute Gasteiger partial charge is 0.254 e. The average molecular weight is 476 g/mol. The second-order valence-electron chi connectivity index (χ2n) is 10.2. The predicted molar refractivity (Wildman–Crippen MR) is 136 cm³/mol. The molecule has 0 radical (unpaired) electrons. The zero-order chi connectivity index (χ0) is 25.2. The van der Waals surface area contributed by atoms with Crippen molar-refractivity contribution in [1.82, 2.24) is 14.4 Å². The molecule has 35 heavy (non-hydrogen) atoms.